The van der Waals surface area contributed by atoms with Crippen LogP contribution in [0.15, 0.2) is 12.1 Å². The van der Waals surface area contributed by atoms with E-state index in [1.54, 1.807) is 0 Å². The third-order valence-corrected chi connectivity index (χ3v) is 5.02. The monoisotopic (exact) mass is 533 g/mol. The Bertz CT molecular complexity index is 937. The summed E-state index contributed by atoms with van der Waals surface area (Å²) in [5.74, 6) is -6.84. The predicted molar refractivity (Wildman–Crippen MR) is 114 cm³/mol. The Balaban J connectivity index is 0.00000125. The van der Waals surface area contributed by atoms with E-state index >= 15 is 0 Å². The normalized spacial score (nSPS) is 18.8. The van der Waals surface area contributed by atoms with Crippen LogP contribution in [0, 0.1) is 17.5 Å². The minimum absolute atomic E-state index is 0. The topological polar surface area (TPSA) is 153 Å². The second kappa shape index (κ2) is 13.4. The summed E-state index contributed by atoms with van der Waals surface area (Å²) in [7, 11) is 0. The van der Waals surface area contributed by atoms with Gasteiger partial charge in [-0.15, -0.1) is 0 Å². The van der Waals surface area contributed by atoms with Gasteiger partial charge in [0.1, 0.15) is 11.9 Å². The number of benzene rings is 1. The highest BCUT2D eigenvalue weighted by Gasteiger charge is 2.41. The molecule has 1 saturated heterocycles. The van der Waals surface area contributed by atoms with E-state index < -0.39 is 78.5 Å². The zero-order chi connectivity index (χ0) is 27.8. The van der Waals surface area contributed by atoms with Crippen LogP contribution in [0.3, 0.4) is 0 Å². The molecule has 206 valence electrons. The Morgan fingerprint density at radius 1 is 1.19 bits per heavy atom. The van der Waals surface area contributed by atoms with Gasteiger partial charge in [-0.05, 0) is 31.4 Å². The van der Waals surface area contributed by atoms with Crippen LogP contribution in [0.2, 0.25) is 0 Å². The second-order valence-electron chi connectivity index (χ2n) is 8.12. The fourth-order valence-electron chi connectivity index (χ4n) is 3.22. The highest BCUT2D eigenvalue weighted by atomic mass is 19.4. The van der Waals surface area contributed by atoms with Gasteiger partial charge in [-0.1, -0.05) is 0 Å². The first kappa shape index (κ1) is 31.1. The molecule has 0 aromatic heterocycles. The molecule has 0 bridgehead atoms. The molecule has 2 amide bonds. The van der Waals surface area contributed by atoms with Crippen molar-refractivity contribution < 1.29 is 57.5 Å². The van der Waals surface area contributed by atoms with Gasteiger partial charge in [-0.2, -0.15) is 13.2 Å². The van der Waals surface area contributed by atoms with Crippen molar-refractivity contribution in [2.75, 3.05) is 13.1 Å². The number of carboxylic acid groups (broad SMARTS) is 1. The minimum atomic E-state index is -4.66. The molecule has 0 radical (unpaired) electrons. The number of aliphatic carboxylic acids is 1. The molecule has 1 heterocycles. The number of hydrogen-bond donors (Lipinski definition) is 5. The van der Waals surface area contributed by atoms with Crippen molar-refractivity contribution in [1.29, 1.82) is 0 Å². The lowest BCUT2D eigenvalue weighted by Gasteiger charge is -2.30. The van der Waals surface area contributed by atoms with Gasteiger partial charge in [0.15, 0.2) is 17.7 Å². The van der Waals surface area contributed by atoms with E-state index in [0.29, 0.717) is 12.1 Å². The van der Waals surface area contributed by atoms with E-state index in [9.17, 15) is 40.7 Å². The molecule has 4 atom stereocenters. The minimum Gasteiger partial charge on any atom is -0.479 e. The Morgan fingerprint density at radius 3 is 2.28 bits per heavy atom. The number of amides is 2. The largest absolute Gasteiger partial charge is 0.479 e. The Morgan fingerprint density at radius 2 is 1.78 bits per heavy atom. The molecule has 36 heavy (non-hydrogen) atoms. The summed E-state index contributed by atoms with van der Waals surface area (Å²) in [6.07, 6.45) is -9.58. The van der Waals surface area contributed by atoms with Crippen molar-refractivity contribution in [1.82, 2.24) is 10.2 Å². The maximum atomic E-state index is 13.7. The van der Waals surface area contributed by atoms with Gasteiger partial charge >= 0.3 is 12.1 Å². The first-order valence-corrected chi connectivity index (χ1v) is 10.6. The summed E-state index contributed by atoms with van der Waals surface area (Å²) in [6.45, 7) is 1.26. The molecule has 1 aliphatic rings. The molecule has 2 rings (SSSR count). The van der Waals surface area contributed by atoms with Crippen LogP contribution in [-0.4, -0.2) is 81.6 Å². The smallest absolute Gasteiger partial charge is 0.391 e. The third-order valence-electron chi connectivity index (χ3n) is 5.02. The number of nitrogens with two attached hydrogens (primary N) is 1. The van der Waals surface area contributed by atoms with Crippen LogP contribution in [-0.2, 0) is 20.8 Å². The van der Waals surface area contributed by atoms with Crippen molar-refractivity contribution in [3.05, 3.63) is 35.1 Å². The first-order valence-electron chi connectivity index (χ1n) is 10.6. The van der Waals surface area contributed by atoms with Gasteiger partial charge in [0.2, 0.25) is 11.8 Å². The average molecular weight is 533 g/mol. The van der Waals surface area contributed by atoms with E-state index in [4.69, 9.17) is 21.1 Å². The van der Waals surface area contributed by atoms with Crippen LogP contribution >= 0.6 is 0 Å². The predicted octanol–water partition coefficient (Wildman–Crippen LogP) is 1.09. The molecule has 0 aliphatic carbocycles. The lowest BCUT2D eigenvalue weighted by atomic mass is 10.0. The molecule has 0 spiro atoms. The van der Waals surface area contributed by atoms with E-state index in [-0.39, 0.29) is 32.9 Å². The molecular formula is C21H29F6N3O6. The number of aliphatic hydroxyl groups is 2. The van der Waals surface area contributed by atoms with Crippen molar-refractivity contribution in [2.45, 2.75) is 63.1 Å². The summed E-state index contributed by atoms with van der Waals surface area (Å²) in [5, 5.41) is 27.0. The number of nitrogens with one attached hydrogen (secondary N) is 1. The van der Waals surface area contributed by atoms with Crippen molar-refractivity contribution in [3.8, 4) is 0 Å². The van der Waals surface area contributed by atoms with Gasteiger partial charge in [0.05, 0.1) is 12.5 Å². The molecule has 0 saturated carbocycles. The summed E-state index contributed by atoms with van der Waals surface area (Å²) >= 11 is 0. The number of carbonyl (C=O) groups is 3. The molecular weight excluding hydrogens is 504 g/mol. The van der Waals surface area contributed by atoms with E-state index in [1.165, 1.54) is 6.92 Å². The second-order valence-corrected chi connectivity index (χ2v) is 8.12. The number of carbonyl (C=O) groups excluding carboxylic acids is 2. The number of rotatable bonds is 7. The summed E-state index contributed by atoms with van der Waals surface area (Å²) in [6, 6.07) is -1.83. The zero-order valence-corrected chi connectivity index (χ0v) is 19.1. The third kappa shape index (κ3) is 9.99. The van der Waals surface area contributed by atoms with Crippen molar-refractivity contribution in [2.24, 2.45) is 5.73 Å². The van der Waals surface area contributed by atoms with Gasteiger partial charge < -0.3 is 31.3 Å². The Kier molecular flexibility index (Phi) is 11.6. The first-order chi connectivity index (χ1) is 16.5. The molecule has 1 fully saturated rings. The molecule has 15 heteroatoms. The average Bonchev–Trinajstić information content (AvgIpc) is 2.92. The number of halogens is 6. The highest BCUT2D eigenvalue weighted by molar-refractivity contribution is 5.88. The zero-order valence-electron chi connectivity index (χ0n) is 19.1. The van der Waals surface area contributed by atoms with E-state index in [1.807, 2.05) is 0 Å². The lowest BCUT2D eigenvalue weighted by molar-refractivity contribution is -0.161. The summed E-state index contributed by atoms with van der Waals surface area (Å²) in [5.41, 5.74) is 5.50. The lowest BCUT2D eigenvalue weighted by Crippen LogP contribution is -2.50. The Hall–Kier alpha value is -2.91. The Labute approximate surface area is 203 Å². The quantitative estimate of drug-likeness (QED) is 0.260. The van der Waals surface area contributed by atoms with Crippen LogP contribution < -0.4 is 11.1 Å². The SMILES string of the molecule is CC(O)C(O)C(=O)O.N[C@@H](CC(=O)N1CCCNC(=O)[C@H]1CC(F)(F)F)Cc1cc(F)c(F)cc1F.[HH]. The van der Waals surface area contributed by atoms with Crippen LogP contribution in [0.4, 0.5) is 26.3 Å². The summed E-state index contributed by atoms with van der Waals surface area (Å²) in [4.78, 5) is 35.0. The number of aliphatic hydroxyl groups excluding tert-OH is 2. The highest BCUT2D eigenvalue weighted by Crippen LogP contribution is 2.26. The van der Waals surface area contributed by atoms with Crippen LogP contribution in [0.25, 0.3) is 0 Å². The number of alkyl halides is 3. The van der Waals surface area contributed by atoms with Gasteiger partial charge in [0.25, 0.3) is 0 Å². The number of nitrogens with zero attached hydrogens (tertiary/aromatic N) is 1. The maximum Gasteiger partial charge on any atom is 0.391 e. The van der Waals surface area contributed by atoms with Crippen LogP contribution in [0.5, 0.6) is 0 Å². The standard InChI is InChI=1S/C17H19F6N3O2.C4H8O4.H2/c18-11-7-13(20)12(19)5-9(11)4-10(24)6-15(27)26-3-1-2-25-16(28)14(26)8-17(21,22)23;1-2(5)3(6)4(7)8;/h5,7,10,14H,1-4,6,8,24H2,(H,25,28);2-3,5-6H,1H3,(H,7,8);1H/t10-,14-;;/m1../s1. The molecule has 6 N–H and O–H groups in total. The molecule has 1 aromatic rings. The van der Waals surface area contributed by atoms with E-state index in [0.717, 1.165) is 4.90 Å². The molecule has 1 aromatic carbocycles. The number of carboxylic acids is 1. The van der Waals surface area contributed by atoms with Gasteiger partial charge in [0, 0.05) is 33.0 Å². The maximum absolute atomic E-state index is 13.7. The summed E-state index contributed by atoms with van der Waals surface area (Å²) < 4.78 is 78.3. The fraction of sp³-hybridized carbons (Fsp3) is 0.571. The molecule has 1 aliphatic heterocycles. The van der Waals surface area contributed by atoms with Crippen molar-refractivity contribution in [3.63, 3.8) is 0 Å². The fourth-order valence-corrected chi connectivity index (χ4v) is 3.22. The van der Waals surface area contributed by atoms with Crippen molar-refractivity contribution >= 4 is 17.8 Å². The van der Waals surface area contributed by atoms with Crippen LogP contribution in [0.1, 0.15) is 33.2 Å². The molecule has 2 unspecified atom stereocenters. The van der Waals surface area contributed by atoms with Gasteiger partial charge in [-0.25, -0.2) is 18.0 Å². The van der Waals surface area contributed by atoms with E-state index in [2.05, 4.69) is 5.32 Å². The number of hydrogen-bond acceptors (Lipinski definition) is 6. The van der Waals surface area contributed by atoms with Gasteiger partial charge in [-0.3, -0.25) is 9.59 Å². The molecule has 9 nitrogen and oxygen atoms in total.